The number of allylic oxidation sites excluding steroid dienone is 1. The molecular weight excluding hydrogens is 130 g/mol. The van der Waals surface area contributed by atoms with E-state index < -0.39 is 5.97 Å². The van der Waals surface area contributed by atoms with Crippen molar-refractivity contribution in [3.05, 3.63) is 11.3 Å². The lowest BCUT2D eigenvalue weighted by Gasteiger charge is -1.97. The summed E-state index contributed by atoms with van der Waals surface area (Å²) in [5.74, 6) is -0.746. The van der Waals surface area contributed by atoms with Crippen LogP contribution in [0, 0.1) is 5.92 Å². The van der Waals surface area contributed by atoms with Crippen LogP contribution >= 0.6 is 0 Å². The fourth-order valence-electron chi connectivity index (χ4n) is 0.840. The number of aliphatic imine (C=N–C) groups is 1. The summed E-state index contributed by atoms with van der Waals surface area (Å²) in [6.45, 7) is 3.72. The summed E-state index contributed by atoms with van der Waals surface area (Å²) in [5.41, 5.74) is 1.04. The topological polar surface area (TPSA) is 49.7 Å². The van der Waals surface area contributed by atoms with E-state index in [1.54, 1.807) is 13.1 Å². The maximum Gasteiger partial charge on any atom is 0.354 e. The van der Waals surface area contributed by atoms with E-state index in [-0.39, 0.29) is 11.6 Å². The number of nitrogens with zero attached hydrogens (tertiary/aromatic N) is 1. The second-order valence-electron chi connectivity index (χ2n) is 2.40. The molecule has 1 unspecified atom stereocenters. The zero-order valence-electron chi connectivity index (χ0n) is 5.96. The molecule has 0 aromatic rings. The molecule has 0 bridgehead atoms. The molecule has 0 fully saturated rings. The molecule has 1 heterocycles. The van der Waals surface area contributed by atoms with Crippen LogP contribution in [0.3, 0.4) is 0 Å². The van der Waals surface area contributed by atoms with Crippen LogP contribution in [-0.4, -0.2) is 17.3 Å². The Bertz CT molecular complexity index is 228. The van der Waals surface area contributed by atoms with Crippen molar-refractivity contribution in [2.24, 2.45) is 10.9 Å². The molecule has 0 aliphatic carbocycles. The van der Waals surface area contributed by atoms with Crippen LogP contribution in [0.15, 0.2) is 16.3 Å². The monoisotopic (exact) mass is 139 g/mol. The molecule has 0 saturated heterocycles. The van der Waals surface area contributed by atoms with E-state index in [9.17, 15) is 4.79 Å². The highest BCUT2D eigenvalue weighted by atomic mass is 16.4. The van der Waals surface area contributed by atoms with Gasteiger partial charge < -0.3 is 5.11 Å². The standard InChI is InChI=1S/C7H9NO2/c1-4-3-8-6(5(4)2)7(9)10/h3-4H,1-2H3,(H,9,10). The van der Waals surface area contributed by atoms with Gasteiger partial charge >= 0.3 is 5.97 Å². The maximum atomic E-state index is 10.4. The highest BCUT2D eigenvalue weighted by molar-refractivity contribution is 5.92. The predicted molar refractivity (Wildman–Crippen MR) is 38.0 cm³/mol. The minimum atomic E-state index is -0.932. The number of carbonyl (C=O) groups is 1. The third kappa shape index (κ3) is 0.943. The lowest BCUT2D eigenvalue weighted by molar-refractivity contribution is -0.132. The van der Waals surface area contributed by atoms with Gasteiger partial charge in [-0.2, -0.15) is 0 Å². The number of rotatable bonds is 1. The number of aliphatic carboxylic acids is 1. The van der Waals surface area contributed by atoms with Crippen molar-refractivity contribution < 1.29 is 9.90 Å². The highest BCUT2D eigenvalue weighted by Gasteiger charge is 2.18. The highest BCUT2D eigenvalue weighted by Crippen LogP contribution is 2.20. The van der Waals surface area contributed by atoms with Gasteiger partial charge in [0, 0.05) is 12.1 Å². The molecule has 1 rings (SSSR count). The molecule has 0 amide bonds. The molecule has 0 spiro atoms. The van der Waals surface area contributed by atoms with Crippen molar-refractivity contribution in [3.63, 3.8) is 0 Å². The molecule has 0 radical (unpaired) electrons. The molecule has 1 aliphatic rings. The van der Waals surface area contributed by atoms with Crippen LogP contribution in [0.25, 0.3) is 0 Å². The molecule has 10 heavy (non-hydrogen) atoms. The van der Waals surface area contributed by atoms with Crippen molar-refractivity contribution in [1.29, 1.82) is 0 Å². The van der Waals surface area contributed by atoms with Crippen LogP contribution in [0.5, 0.6) is 0 Å². The van der Waals surface area contributed by atoms with Gasteiger partial charge in [-0.1, -0.05) is 6.92 Å². The Kier molecular flexibility index (Phi) is 1.57. The molecule has 0 saturated carbocycles. The first-order valence-corrected chi connectivity index (χ1v) is 3.11. The van der Waals surface area contributed by atoms with Gasteiger partial charge in [-0.15, -0.1) is 0 Å². The molecule has 0 aromatic heterocycles. The molecule has 1 aliphatic heterocycles. The zero-order valence-corrected chi connectivity index (χ0v) is 5.96. The Morgan fingerprint density at radius 1 is 1.80 bits per heavy atom. The largest absolute Gasteiger partial charge is 0.477 e. The van der Waals surface area contributed by atoms with Crippen molar-refractivity contribution >= 4 is 12.2 Å². The Labute approximate surface area is 59.1 Å². The van der Waals surface area contributed by atoms with E-state index in [1.165, 1.54) is 0 Å². The fraction of sp³-hybridized carbons (Fsp3) is 0.429. The van der Waals surface area contributed by atoms with E-state index in [0.717, 1.165) is 5.57 Å². The van der Waals surface area contributed by atoms with Crippen LogP contribution in [-0.2, 0) is 4.79 Å². The van der Waals surface area contributed by atoms with Crippen molar-refractivity contribution in [1.82, 2.24) is 0 Å². The van der Waals surface area contributed by atoms with Gasteiger partial charge in [0.05, 0.1) is 0 Å². The summed E-state index contributed by atoms with van der Waals surface area (Å²) in [7, 11) is 0. The summed E-state index contributed by atoms with van der Waals surface area (Å²) in [5, 5.41) is 8.53. The lowest BCUT2D eigenvalue weighted by atomic mass is 10.1. The Morgan fingerprint density at radius 2 is 2.40 bits per heavy atom. The van der Waals surface area contributed by atoms with E-state index in [4.69, 9.17) is 5.11 Å². The molecular formula is C7H9NO2. The minimum absolute atomic E-state index is 0.186. The summed E-state index contributed by atoms with van der Waals surface area (Å²) < 4.78 is 0. The van der Waals surface area contributed by atoms with Crippen LogP contribution in [0.2, 0.25) is 0 Å². The van der Waals surface area contributed by atoms with Crippen molar-refractivity contribution in [2.45, 2.75) is 13.8 Å². The molecule has 1 N–H and O–H groups in total. The molecule has 3 nitrogen and oxygen atoms in total. The van der Waals surface area contributed by atoms with Gasteiger partial charge in [0.2, 0.25) is 0 Å². The Morgan fingerprint density at radius 3 is 2.60 bits per heavy atom. The smallest absolute Gasteiger partial charge is 0.354 e. The van der Waals surface area contributed by atoms with Gasteiger partial charge in [0.15, 0.2) is 0 Å². The van der Waals surface area contributed by atoms with Gasteiger partial charge in [0.1, 0.15) is 5.70 Å². The van der Waals surface area contributed by atoms with Gasteiger partial charge in [-0.3, -0.25) is 4.99 Å². The van der Waals surface area contributed by atoms with Crippen LogP contribution in [0.1, 0.15) is 13.8 Å². The van der Waals surface area contributed by atoms with Crippen LogP contribution < -0.4 is 0 Å². The summed E-state index contributed by atoms with van der Waals surface area (Å²) in [6, 6.07) is 0. The van der Waals surface area contributed by atoms with E-state index in [2.05, 4.69) is 4.99 Å². The first-order chi connectivity index (χ1) is 4.63. The number of carboxylic acid groups (broad SMARTS) is 1. The van der Waals surface area contributed by atoms with Gasteiger partial charge in [0.25, 0.3) is 0 Å². The molecule has 0 aromatic carbocycles. The zero-order chi connectivity index (χ0) is 7.72. The average Bonchev–Trinajstić information content (AvgIpc) is 2.14. The van der Waals surface area contributed by atoms with Gasteiger partial charge in [-0.25, -0.2) is 4.79 Å². The number of hydrogen-bond acceptors (Lipinski definition) is 2. The minimum Gasteiger partial charge on any atom is -0.477 e. The SMILES string of the molecule is CC1=C(C(=O)O)N=CC1C. The maximum absolute atomic E-state index is 10.4. The fourth-order valence-corrected chi connectivity index (χ4v) is 0.840. The summed E-state index contributed by atoms with van der Waals surface area (Å²) in [6.07, 6.45) is 1.65. The third-order valence-electron chi connectivity index (χ3n) is 1.69. The predicted octanol–water partition coefficient (Wildman–Crippen LogP) is 1.07. The number of hydrogen-bond donors (Lipinski definition) is 1. The molecule has 1 atom stereocenters. The molecule has 54 valence electrons. The third-order valence-corrected chi connectivity index (χ3v) is 1.69. The van der Waals surface area contributed by atoms with E-state index >= 15 is 0 Å². The molecule has 3 heteroatoms. The van der Waals surface area contributed by atoms with Crippen molar-refractivity contribution in [3.8, 4) is 0 Å². The van der Waals surface area contributed by atoms with E-state index in [1.807, 2.05) is 6.92 Å². The number of carboxylic acids is 1. The lowest BCUT2D eigenvalue weighted by Crippen LogP contribution is -1.99. The summed E-state index contributed by atoms with van der Waals surface area (Å²) in [4.78, 5) is 14.1. The van der Waals surface area contributed by atoms with E-state index in [0.29, 0.717) is 0 Å². The average molecular weight is 139 g/mol. The first kappa shape index (κ1) is 6.99. The van der Waals surface area contributed by atoms with Gasteiger partial charge in [-0.05, 0) is 12.5 Å². The second-order valence-corrected chi connectivity index (χ2v) is 2.40. The summed E-state index contributed by atoms with van der Waals surface area (Å²) >= 11 is 0. The Balaban J connectivity index is 2.96. The second kappa shape index (κ2) is 2.25. The Hall–Kier alpha value is -1.12. The normalized spacial score (nSPS) is 24.0. The van der Waals surface area contributed by atoms with Crippen LogP contribution in [0.4, 0.5) is 0 Å². The quantitative estimate of drug-likeness (QED) is 0.590. The first-order valence-electron chi connectivity index (χ1n) is 3.11. The van der Waals surface area contributed by atoms with Crippen molar-refractivity contribution in [2.75, 3.05) is 0 Å².